The highest BCUT2D eigenvalue weighted by Crippen LogP contribution is 2.22. The van der Waals surface area contributed by atoms with Crippen molar-refractivity contribution in [3.8, 4) is 11.3 Å². The minimum absolute atomic E-state index is 0.122. The molecular formula is C20H18N4O. The third-order valence-electron chi connectivity index (χ3n) is 4.29. The second-order valence-corrected chi connectivity index (χ2v) is 6.08. The number of aryl methyl sites for hydroxylation is 2. The molecule has 5 nitrogen and oxygen atoms in total. The largest absolute Gasteiger partial charge is 0.347 e. The number of carbonyl (C=O) groups is 1. The maximum absolute atomic E-state index is 12.3. The standard InChI is InChI=1S/C20H18N4O/c1-14-5-3-12-24-13-17(22-19(14)24)15-7-9-16(10-8-15)21-20(25)18-6-4-11-23(18)2/h3-13H,1-2H3,(H,21,25). The SMILES string of the molecule is Cc1cccn2cc(-c3ccc(NC(=O)c4cccn4C)cc3)nc12. The Bertz CT molecular complexity index is 1060. The van der Waals surface area contributed by atoms with E-state index in [1.165, 1.54) is 0 Å². The number of hydrogen-bond acceptors (Lipinski definition) is 2. The van der Waals surface area contributed by atoms with E-state index in [-0.39, 0.29) is 5.91 Å². The van der Waals surface area contributed by atoms with Crippen LogP contribution in [-0.4, -0.2) is 19.9 Å². The maximum atomic E-state index is 12.3. The number of nitrogens with zero attached hydrogens (tertiary/aromatic N) is 3. The summed E-state index contributed by atoms with van der Waals surface area (Å²) in [5.41, 5.74) is 5.41. The van der Waals surface area contributed by atoms with Crippen LogP contribution in [0.5, 0.6) is 0 Å². The quantitative estimate of drug-likeness (QED) is 0.619. The third kappa shape index (κ3) is 2.80. The van der Waals surface area contributed by atoms with E-state index in [0.717, 1.165) is 28.2 Å². The summed E-state index contributed by atoms with van der Waals surface area (Å²) >= 11 is 0. The molecule has 1 amide bonds. The molecule has 4 rings (SSSR count). The van der Waals surface area contributed by atoms with Gasteiger partial charge in [-0.3, -0.25) is 4.79 Å². The Morgan fingerprint density at radius 3 is 2.48 bits per heavy atom. The number of nitrogens with one attached hydrogen (secondary N) is 1. The van der Waals surface area contributed by atoms with Crippen LogP contribution in [0.25, 0.3) is 16.9 Å². The summed E-state index contributed by atoms with van der Waals surface area (Å²) < 4.78 is 3.82. The number of aromatic nitrogens is 3. The summed E-state index contributed by atoms with van der Waals surface area (Å²) in [4.78, 5) is 17.0. The molecule has 1 aromatic carbocycles. The van der Waals surface area contributed by atoms with Gasteiger partial charge in [0.05, 0.1) is 5.69 Å². The normalized spacial score (nSPS) is 11.0. The molecule has 0 aliphatic heterocycles. The number of fused-ring (bicyclic) bond motifs is 1. The van der Waals surface area contributed by atoms with Crippen LogP contribution in [0.4, 0.5) is 5.69 Å². The molecule has 0 aliphatic carbocycles. The van der Waals surface area contributed by atoms with Crippen LogP contribution in [0, 0.1) is 6.92 Å². The predicted molar refractivity (Wildman–Crippen MR) is 98.7 cm³/mol. The zero-order valence-corrected chi connectivity index (χ0v) is 14.1. The van der Waals surface area contributed by atoms with Gasteiger partial charge in [0, 0.05) is 36.9 Å². The van der Waals surface area contributed by atoms with Gasteiger partial charge in [-0.05, 0) is 42.8 Å². The van der Waals surface area contributed by atoms with Crippen molar-refractivity contribution in [1.82, 2.24) is 14.0 Å². The number of hydrogen-bond donors (Lipinski definition) is 1. The molecule has 0 saturated carbocycles. The topological polar surface area (TPSA) is 51.3 Å². The third-order valence-corrected chi connectivity index (χ3v) is 4.29. The molecule has 5 heteroatoms. The zero-order chi connectivity index (χ0) is 17.4. The van der Waals surface area contributed by atoms with Crippen molar-refractivity contribution in [2.24, 2.45) is 7.05 Å². The molecule has 0 bridgehead atoms. The van der Waals surface area contributed by atoms with E-state index in [1.54, 1.807) is 10.6 Å². The molecule has 0 saturated heterocycles. The van der Waals surface area contributed by atoms with E-state index < -0.39 is 0 Å². The van der Waals surface area contributed by atoms with Gasteiger partial charge < -0.3 is 14.3 Å². The lowest BCUT2D eigenvalue weighted by molar-refractivity contribution is 0.101. The number of carbonyl (C=O) groups excluding carboxylic acids is 1. The van der Waals surface area contributed by atoms with E-state index in [9.17, 15) is 4.79 Å². The van der Waals surface area contributed by atoms with Gasteiger partial charge in [-0.15, -0.1) is 0 Å². The Kier molecular flexibility index (Phi) is 3.61. The maximum Gasteiger partial charge on any atom is 0.272 e. The Morgan fingerprint density at radius 2 is 1.80 bits per heavy atom. The smallest absolute Gasteiger partial charge is 0.272 e. The highest BCUT2D eigenvalue weighted by Gasteiger charge is 2.10. The van der Waals surface area contributed by atoms with Gasteiger partial charge in [0.1, 0.15) is 11.3 Å². The van der Waals surface area contributed by atoms with Crippen LogP contribution in [0.3, 0.4) is 0 Å². The number of pyridine rings is 1. The van der Waals surface area contributed by atoms with Crippen molar-refractivity contribution in [2.75, 3.05) is 5.32 Å². The highest BCUT2D eigenvalue weighted by atomic mass is 16.1. The van der Waals surface area contributed by atoms with Crippen molar-refractivity contribution in [3.05, 3.63) is 78.4 Å². The number of benzene rings is 1. The van der Waals surface area contributed by atoms with Gasteiger partial charge in [-0.25, -0.2) is 4.98 Å². The van der Waals surface area contributed by atoms with Gasteiger partial charge in [0.25, 0.3) is 5.91 Å². The number of rotatable bonds is 3. The first kappa shape index (κ1) is 15.2. The van der Waals surface area contributed by atoms with Crippen molar-refractivity contribution in [1.29, 1.82) is 0 Å². The molecule has 1 N–H and O–H groups in total. The molecule has 25 heavy (non-hydrogen) atoms. The van der Waals surface area contributed by atoms with Gasteiger partial charge in [-0.1, -0.05) is 18.2 Å². The van der Waals surface area contributed by atoms with Crippen LogP contribution >= 0.6 is 0 Å². The Labute approximate surface area is 145 Å². The molecule has 0 fully saturated rings. The zero-order valence-electron chi connectivity index (χ0n) is 14.1. The lowest BCUT2D eigenvalue weighted by atomic mass is 10.1. The van der Waals surface area contributed by atoms with Crippen LogP contribution in [0.2, 0.25) is 0 Å². The van der Waals surface area contributed by atoms with Crippen molar-refractivity contribution >= 4 is 17.2 Å². The van der Waals surface area contributed by atoms with Gasteiger partial charge >= 0.3 is 0 Å². The molecule has 4 aromatic rings. The number of imidazole rings is 1. The summed E-state index contributed by atoms with van der Waals surface area (Å²) in [5, 5.41) is 2.91. The van der Waals surface area contributed by atoms with E-state index in [1.807, 2.05) is 79.4 Å². The minimum atomic E-state index is -0.122. The van der Waals surface area contributed by atoms with Gasteiger partial charge in [0.15, 0.2) is 0 Å². The first-order valence-electron chi connectivity index (χ1n) is 8.09. The molecule has 3 aromatic heterocycles. The Hall–Kier alpha value is -3.34. The second-order valence-electron chi connectivity index (χ2n) is 6.08. The molecule has 0 aliphatic rings. The molecule has 0 unspecified atom stereocenters. The highest BCUT2D eigenvalue weighted by molar-refractivity contribution is 6.03. The van der Waals surface area contributed by atoms with E-state index in [2.05, 4.69) is 5.32 Å². The second kappa shape index (κ2) is 5.94. The summed E-state index contributed by atoms with van der Waals surface area (Å²) in [6.07, 6.45) is 5.86. The monoisotopic (exact) mass is 330 g/mol. The molecule has 0 radical (unpaired) electrons. The van der Waals surface area contributed by atoms with E-state index in [0.29, 0.717) is 5.69 Å². The molecule has 124 valence electrons. The fourth-order valence-corrected chi connectivity index (χ4v) is 2.91. The van der Waals surface area contributed by atoms with Crippen LogP contribution in [0.1, 0.15) is 16.1 Å². The Balaban J connectivity index is 1.58. The van der Waals surface area contributed by atoms with Crippen molar-refractivity contribution in [2.45, 2.75) is 6.92 Å². The molecule has 3 heterocycles. The average molecular weight is 330 g/mol. The fraction of sp³-hybridized carbons (Fsp3) is 0.100. The van der Waals surface area contributed by atoms with Crippen molar-refractivity contribution < 1.29 is 4.79 Å². The van der Waals surface area contributed by atoms with Gasteiger partial charge in [-0.2, -0.15) is 0 Å². The van der Waals surface area contributed by atoms with Gasteiger partial charge in [0.2, 0.25) is 0 Å². The Morgan fingerprint density at radius 1 is 1.04 bits per heavy atom. The van der Waals surface area contributed by atoms with Crippen LogP contribution < -0.4 is 5.32 Å². The predicted octanol–water partition coefficient (Wildman–Crippen LogP) is 3.90. The minimum Gasteiger partial charge on any atom is -0.347 e. The van der Waals surface area contributed by atoms with E-state index in [4.69, 9.17) is 4.98 Å². The van der Waals surface area contributed by atoms with Crippen molar-refractivity contribution in [3.63, 3.8) is 0 Å². The summed E-state index contributed by atoms with van der Waals surface area (Å²) in [5.74, 6) is -0.122. The average Bonchev–Trinajstić information content (AvgIpc) is 3.22. The first-order chi connectivity index (χ1) is 12.1. The fourth-order valence-electron chi connectivity index (χ4n) is 2.91. The summed E-state index contributed by atoms with van der Waals surface area (Å²) in [6.45, 7) is 2.05. The molecule has 0 atom stereocenters. The summed E-state index contributed by atoms with van der Waals surface area (Å²) in [7, 11) is 1.85. The molecule has 0 spiro atoms. The lowest BCUT2D eigenvalue weighted by Crippen LogP contribution is -2.15. The first-order valence-corrected chi connectivity index (χ1v) is 8.09. The summed E-state index contributed by atoms with van der Waals surface area (Å²) in [6, 6.07) is 15.4. The lowest BCUT2D eigenvalue weighted by Gasteiger charge is -2.06. The number of amides is 1. The van der Waals surface area contributed by atoms with E-state index >= 15 is 0 Å². The number of anilines is 1. The molecular weight excluding hydrogens is 312 g/mol. The van der Waals surface area contributed by atoms with Crippen LogP contribution in [-0.2, 0) is 7.05 Å². The van der Waals surface area contributed by atoms with Crippen LogP contribution in [0.15, 0.2) is 67.1 Å².